The van der Waals surface area contributed by atoms with Gasteiger partial charge in [-0.15, -0.1) is 0 Å². The predicted octanol–water partition coefficient (Wildman–Crippen LogP) is 21.3. The van der Waals surface area contributed by atoms with Crippen molar-refractivity contribution in [1.82, 2.24) is 0 Å². The molecule has 432 valence electrons. The van der Waals surface area contributed by atoms with Crippen LogP contribution < -0.4 is 0 Å². The molecule has 0 amide bonds. The van der Waals surface area contributed by atoms with Crippen LogP contribution in [0.1, 0.15) is 252 Å². The molecule has 0 rings (SSSR count). The van der Waals surface area contributed by atoms with E-state index in [9.17, 15) is 14.4 Å². The van der Waals surface area contributed by atoms with Gasteiger partial charge >= 0.3 is 17.9 Å². The lowest BCUT2D eigenvalue weighted by Crippen LogP contribution is -2.30. The molecule has 0 N–H and O–H groups in total. The van der Waals surface area contributed by atoms with Crippen LogP contribution in [0.15, 0.2) is 158 Å². The van der Waals surface area contributed by atoms with E-state index >= 15 is 0 Å². The molecule has 6 nitrogen and oxygen atoms in total. The van der Waals surface area contributed by atoms with Crippen molar-refractivity contribution in [2.75, 3.05) is 13.2 Å². The third kappa shape index (κ3) is 61.8. The molecule has 0 saturated carbocycles. The molecular formula is C71H112O6. The molecule has 6 heteroatoms. The largest absolute Gasteiger partial charge is 0.462 e. The zero-order chi connectivity index (χ0) is 55.7. The third-order valence-corrected chi connectivity index (χ3v) is 12.5. The Morgan fingerprint density at radius 2 is 0.506 bits per heavy atom. The third-order valence-electron chi connectivity index (χ3n) is 12.5. The van der Waals surface area contributed by atoms with Crippen LogP contribution in [0.5, 0.6) is 0 Å². The highest BCUT2D eigenvalue weighted by Gasteiger charge is 2.19. The molecule has 0 aliphatic carbocycles. The van der Waals surface area contributed by atoms with Crippen molar-refractivity contribution < 1.29 is 28.6 Å². The van der Waals surface area contributed by atoms with E-state index in [0.29, 0.717) is 19.3 Å². The average molecular weight is 1060 g/mol. The molecule has 0 fully saturated rings. The fraction of sp³-hybridized carbons (Fsp3) is 0.592. The minimum atomic E-state index is -0.816. The summed E-state index contributed by atoms with van der Waals surface area (Å²) in [5.41, 5.74) is 0. The molecule has 0 heterocycles. The standard InChI is InChI=1S/C71H112O6/c1-4-7-10-13-16-19-22-24-26-28-30-32-33-34-35-36-37-39-40-42-44-46-49-52-55-58-61-64-70(73)76-67-68(66-75-69(72)63-60-57-54-51-48-21-18-15-12-9-6-3)77-71(74)65-62-59-56-53-50-47-45-43-41-38-31-29-27-25-23-20-17-14-11-8-5-2/h7-8,10-11,15-20,24-27,30-32,34-35,37-39,43,45,50,53,68H,4-6,9,12-14,21-23,28-29,33,36,40-42,44,46-49,51-52,54-67H2,1-3H3/b10-7-,11-8-,18-15-,19-16-,20-17-,26-24-,27-25-,32-30-,35-34-,38-31-,39-37-,45-43-,53-50-. The number of allylic oxidation sites excluding steroid dienone is 26. The number of rotatable bonds is 54. The predicted molar refractivity (Wildman–Crippen MR) is 334 cm³/mol. The van der Waals surface area contributed by atoms with Gasteiger partial charge in [-0.05, 0) is 141 Å². The van der Waals surface area contributed by atoms with Gasteiger partial charge in [0.25, 0.3) is 0 Å². The van der Waals surface area contributed by atoms with Crippen LogP contribution in [0.3, 0.4) is 0 Å². The number of unbranched alkanes of at least 4 members (excludes halogenated alkanes) is 17. The highest BCUT2D eigenvalue weighted by atomic mass is 16.6. The highest BCUT2D eigenvalue weighted by Crippen LogP contribution is 2.14. The van der Waals surface area contributed by atoms with E-state index in [1.54, 1.807) is 0 Å². The molecule has 0 saturated heterocycles. The molecule has 0 aromatic rings. The summed E-state index contributed by atoms with van der Waals surface area (Å²) in [7, 11) is 0. The molecule has 1 unspecified atom stereocenters. The molecule has 0 aliphatic rings. The van der Waals surface area contributed by atoms with Crippen LogP contribution in [-0.2, 0) is 28.6 Å². The Morgan fingerprint density at radius 1 is 0.273 bits per heavy atom. The maximum atomic E-state index is 12.9. The second kappa shape index (κ2) is 63.6. The number of carbonyl (C=O) groups excluding carboxylic acids is 3. The summed E-state index contributed by atoms with van der Waals surface area (Å²) < 4.78 is 16.8. The SMILES string of the molecule is CC/C=C\C/C=C\C/C=C\C/C=C\C/C=C\C/C=C\CCCCCCCCCCC(=O)OCC(COC(=O)CCCCCCC/C=C\CCCC)OC(=O)CCCC/C=C\C/C=C\C/C=C\C/C=C\C/C=C\C/C=C\CC. The average Bonchev–Trinajstić information content (AvgIpc) is 3.43. The Kier molecular flexibility index (Phi) is 59.5. The maximum Gasteiger partial charge on any atom is 0.306 e. The van der Waals surface area contributed by atoms with Crippen LogP contribution >= 0.6 is 0 Å². The van der Waals surface area contributed by atoms with Crippen LogP contribution in [0.4, 0.5) is 0 Å². The van der Waals surface area contributed by atoms with E-state index in [0.717, 1.165) is 148 Å². The number of esters is 3. The van der Waals surface area contributed by atoms with Gasteiger partial charge in [0, 0.05) is 19.3 Å². The summed E-state index contributed by atoms with van der Waals surface area (Å²) in [5, 5.41) is 0. The number of ether oxygens (including phenoxy) is 3. The van der Waals surface area contributed by atoms with Gasteiger partial charge in [0.2, 0.25) is 0 Å². The summed E-state index contributed by atoms with van der Waals surface area (Å²) in [6.07, 6.45) is 92.5. The number of carbonyl (C=O) groups is 3. The van der Waals surface area contributed by atoms with Gasteiger partial charge in [0.1, 0.15) is 13.2 Å². The lowest BCUT2D eigenvalue weighted by atomic mass is 10.1. The van der Waals surface area contributed by atoms with Crippen LogP contribution in [-0.4, -0.2) is 37.2 Å². The van der Waals surface area contributed by atoms with Gasteiger partial charge in [0.05, 0.1) is 0 Å². The Hall–Kier alpha value is -4.97. The number of hydrogen-bond acceptors (Lipinski definition) is 6. The van der Waals surface area contributed by atoms with Crippen LogP contribution in [0, 0.1) is 0 Å². The van der Waals surface area contributed by atoms with Crippen molar-refractivity contribution in [1.29, 1.82) is 0 Å². The van der Waals surface area contributed by atoms with Gasteiger partial charge in [0.15, 0.2) is 6.10 Å². The first-order valence-corrected chi connectivity index (χ1v) is 31.0. The van der Waals surface area contributed by atoms with Gasteiger partial charge in [-0.1, -0.05) is 249 Å². The first-order valence-electron chi connectivity index (χ1n) is 31.0. The smallest absolute Gasteiger partial charge is 0.306 e. The lowest BCUT2D eigenvalue weighted by molar-refractivity contribution is -0.167. The van der Waals surface area contributed by atoms with E-state index in [4.69, 9.17) is 14.2 Å². The summed E-state index contributed by atoms with van der Waals surface area (Å²) >= 11 is 0. The van der Waals surface area contributed by atoms with E-state index in [-0.39, 0.29) is 37.5 Å². The second-order valence-electron chi connectivity index (χ2n) is 19.8. The second-order valence-corrected chi connectivity index (χ2v) is 19.8. The fourth-order valence-electron chi connectivity index (χ4n) is 7.90. The molecular weight excluding hydrogens is 949 g/mol. The molecule has 0 radical (unpaired) electrons. The summed E-state index contributed by atoms with van der Waals surface area (Å²) in [6, 6.07) is 0. The monoisotopic (exact) mass is 1060 g/mol. The summed E-state index contributed by atoms with van der Waals surface area (Å²) in [4.78, 5) is 38.2. The maximum absolute atomic E-state index is 12.9. The molecule has 1 atom stereocenters. The van der Waals surface area contributed by atoms with Gasteiger partial charge in [-0.3, -0.25) is 14.4 Å². The van der Waals surface area contributed by atoms with Crippen LogP contribution in [0.25, 0.3) is 0 Å². The Bertz CT molecular complexity index is 1740. The molecule has 0 spiro atoms. The lowest BCUT2D eigenvalue weighted by Gasteiger charge is -2.18. The molecule has 77 heavy (non-hydrogen) atoms. The van der Waals surface area contributed by atoms with Gasteiger partial charge in [-0.2, -0.15) is 0 Å². The fourth-order valence-corrected chi connectivity index (χ4v) is 7.90. The highest BCUT2D eigenvalue weighted by molar-refractivity contribution is 5.71. The van der Waals surface area contributed by atoms with Crippen molar-refractivity contribution in [3.05, 3.63) is 158 Å². The van der Waals surface area contributed by atoms with Crippen LogP contribution in [0.2, 0.25) is 0 Å². The van der Waals surface area contributed by atoms with Crippen molar-refractivity contribution in [2.24, 2.45) is 0 Å². The Morgan fingerprint density at radius 3 is 0.831 bits per heavy atom. The normalized spacial score (nSPS) is 13.2. The van der Waals surface area contributed by atoms with Crippen molar-refractivity contribution in [3.8, 4) is 0 Å². The van der Waals surface area contributed by atoms with Gasteiger partial charge < -0.3 is 14.2 Å². The van der Waals surface area contributed by atoms with Crippen molar-refractivity contribution >= 4 is 17.9 Å². The first kappa shape index (κ1) is 72.0. The first-order chi connectivity index (χ1) is 38.0. The zero-order valence-electron chi connectivity index (χ0n) is 49.4. The summed E-state index contributed by atoms with van der Waals surface area (Å²) in [5.74, 6) is -0.976. The quantitative estimate of drug-likeness (QED) is 0.0261. The van der Waals surface area contributed by atoms with E-state index in [1.807, 2.05) is 0 Å². The topological polar surface area (TPSA) is 78.9 Å². The summed E-state index contributed by atoms with van der Waals surface area (Å²) in [6.45, 7) is 6.31. The molecule has 0 aromatic carbocycles. The van der Waals surface area contributed by atoms with Crippen molar-refractivity contribution in [3.63, 3.8) is 0 Å². The Balaban J connectivity index is 4.41. The van der Waals surface area contributed by atoms with E-state index < -0.39 is 6.10 Å². The minimum absolute atomic E-state index is 0.109. The minimum Gasteiger partial charge on any atom is -0.462 e. The van der Waals surface area contributed by atoms with E-state index in [2.05, 4.69) is 179 Å². The van der Waals surface area contributed by atoms with E-state index in [1.165, 1.54) is 57.8 Å². The molecule has 0 bridgehead atoms. The Labute approximate surface area is 473 Å². The van der Waals surface area contributed by atoms with Gasteiger partial charge in [-0.25, -0.2) is 0 Å². The number of hydrogen-bond donors (Lipinski definition) is 0. The zero-order valence-corrected chi connectivity index (χ0v) is 49.4. The van der Waals surface area contributed by atoms with Crippen molar-refractivity contribution in [2.45, 2.75) is 258 Å². The molecule has 0 aliphatic heterocycles. The molecule has 0 aromatic heterocycles.